The molecule has 2 unspecified atom stereocenters. The maximum absolute atomic E-state index is 6.09. The zero-order chi connectivity index (χ0) is 14.1. The molecule has 2 N–H and O–H groups in total. The Kier molecular flexibility index (Phi) is 3.44. The Morgan fingerprint density at radius 1 is 1.35 bits per heavy atom. The molecule has 20 heavy (non-hydrogen) atoms. The molecule has 1 fully saturated rings. The topological polar surface area (TPSA) is 74.2 Å². The van der Waals surface area contributed by atoms with Gasteiger partial charge in [-0.25, -0.2) is 0 Å². The fraction of sp³-hybridized carbons (Fsp3) is 0.467. The number of hydrogen-bond acceptors (Lipinski definition) is 5. The lowest BCUT2D eigenvalue weighted by Crippen LogP contribution is -2.22. The van der Waals surface area contributed by atoms with E-state index in [1.807, 2.05) is 25.1 Å². The molecule has 1 saturated carbocycles. The van der Waals surface area contributed by atoms with Crippen LogP contribution in [0.15, 0.2) is 22.7 Å². The summed E-state index contributed by atoms with van der Waals surface area (Å²) in [5.74, 6) is 2.19. The molecule has 1 aliphatic rings. The van der Waals surface area contributed by atoms with E-state index in [2.05, 4.69) is 10.1 Å². The first-order valence-corrected chi connectivity index (χ1v) is 6.94. The number of aromatic nitrogens is 2. The van der Waals surface area contributed by atoms with Gasteiger partial charge >= 0.3 is 0 Å². The molecule has 1 aromatic carbocycles. The minimum absolute atomic E-state index is 0.128. The van der Waals surface area contributed by atoms with Crippen molar-refractivity contribution in [2.75, 3.05) is 7.11 Å². The van der Waals surface area contributed by atoms with Crippen LogP contribution in [0.25, 0.3) is 11.4 Å². The molecular formula is C15H19N3O2. The normalized spacial score (nSPS) is 22.1. The van der Waals surface area contributed by atoms with Crippen molar-refractivity contribution in [1.82, 2.24) is 10.1 Å². The summed E-state index contributed by atoms with van der Waals surface area (Å²) in [6.45, 7) is 2.00. The number of rotatable bonds is 3. The Labute approximate surface area is 118 Å². The lowest BCUT2D eigenvalue weighted by Gasteiger charge is -2.09. The lowest BCUT2D eigenvalue weighted by atomic mass is 10.0. The third-order valence-corrected chi connectivity index (χ3v) is 3.99. The van der Waals surface area contributed by atoms with E-state index in [1.165, 1.54) is 0 Å². The minimum atomic E-state index is 0.128. The van der Waals surface area contributed by atoms with Crippen molar-refractivity contribution in [2.45, 2.75) is 38.1 Å². The predicted octanol–water partition coefficient (Wildman–Crippen LogP) is 2.65. The molecular weight excluding hydrogens is 254 g/mol. The number of nitrogens with zero attached hydrogens (tertiary/aromatic N) is 2. The Morgan fingerprint density at radius 3 is 2.90 bits per heavy atom. The van der Waals surface area contributed by atoms with E-state index in [9.17, 15) is 0 Å². The van der Waals surface area contributed by atoms with Crippen LogP contribution in [0.3, 0.4) is 0 Å². The van der Waals surface area contributed by atoms with Gasteiger partial charge in [0.25, 0.3) is 0 Å². The molecule has 1 aliphatic carbocycles. The van der Waals surface area contributed by atoms with Gasteiger partial charge in [-0.05, 0) is 31.4 Å². The summed E-state index contributed by atoms with van der Waals surface area (Å²) in [5.41, 5.74) is 7.99. The Morgan fingerprint density at radius 2 is 2.20 bits per heavy atom. The van der Waals surface area contributed by atoms with Crippen LogP contribution in [-0.2, 0) is 0 Å². The maximum Gasteiger partial charge on any atom is 0.231 e. The van der Waals surface area contributed by atoms with Gasteiger partial charge in [-0.3, -0.25) is 0 Å². The van der Waals surface area contributed by atoms with E-state index < -0.39 is 0 Å². The summed E-state index contributed by atoms with van der Waals surface area (Å²) in [4.78, 5) is 4.52. The Bertz CT molecular complexity index is 609. The molecule has 0 radical (unpaired) electrons. The van der Waals surface area contributed by atoms with Crippen molar-refractivity contribution < 1.29 is 9.26 Å². The van der Waals surface area contributed by atoms with Gasteiger partial charge in [0, 0.05) is 6.04 Å². The maximum atomic E-state index is 6.09. The summed E-state index contributed by atoms with van der Waals surface area (Å²) in [5, 5.41) is 4.09. The fourth-order valence-electron chi connectivity index (χ4n) is 2.89. The second-order valence-electron chi connectivity index (χ2n) is 5.31. The highest BCUT2D eigenvalue weighted by atomic mass is 16.5. The highest BCUT2D eigenvalue weighted by Crippen LogP contribution is 2.35. The molecule has 0 amide bonds. The molecule has 0 bridgehead atoms. The minimum Gasteiger partial charge on any atom is -0.496 e. The van der Waals surface area contributed by atoms with Crippen LogP contribution < -0.4 is 10.5 Å². The van der Waals surface area contributed by atoms with Crippen molar-refractivity contribution in [1.29, 1.82) is 0 Å². The standard InChI is InChI=1S/C15H19N3O2/c1-9-5-3-7-11(13(9)19-2)14-17-15(20-18-14)10-6-4-8-12(10)16/h3,5,7,10,12H,4,6,8,16H2,1-2H3. The van der Waals surface area contributed by atoms with Gasteiger partial charge in [0.05, 0.1) is 18.6 Å². The van der Waals surface area contributed by atoms with E-state index in [4.69, 9.17) is 15.0 Å². The molecule has 1 heterocycles. The lowest BCUT2D eigenvalue weighted by molar-refractivity contribution is 0.345. The van der Waals surface area contributed by atoms with Gasteiger partial charge in [-0.1, -0.05) is 23.7 Å². The molecule has 5 nitrogen and oxygen atoms in total. The van der Waals surface area contributed by atoms with E-state index in [1.54, 1.807) is 7.11 Å². The van der Waals surface area contributed by atoms with Crippen LogP contribution in [0, 0.1) is 6.92 Å². The summed E-state index contributed by atoms with van der Waals surface area (Å²) in [6, 6.07) is 6.03. The van der Waals surface area contributed by atoms with Crippen LogP contribution >= 0.6 is 0 Å². The first kappa shape index (κ1) is 13.1. The van der Waals surface area contributed by atoms with Crippen LogP contribution in [0.2, 0.25) is 0 Å². The van der Waals surface area contributed by atoms with Crippen molar-refractivity contribution >= 4 is 0 Å². The van der Waals surface area contributed by atoms with E-state index in [-0.39, 0.29) is 12.0 Å². The predicted molar refractivity (Wildman–Crippen MR) is 75.6 cm³/mol. The van der Waals surface area contributed by atoms with Gasteiger partial charge in [-0.2, -0.15) is 4.98 Å². The molecule has 2 aromatic rings. The zero-order valence-electron chi connectivity index (χ0n) is 11.8. The highest BCUT2D eigenvalue weighted by Gasteiger charge is 2.30. The smallest absolute Gasteiger partial charge is 0.231 e. The third kappa shape index (κ3) is 2.18. The van der Waals surface area contributed by atoms with Gasteiger partial charge in [0.15, 0.2) is 0 Å². The molecule has 0 saturated heterocycles. The van der Waals surface area contributed by atoms with Crippen LogP contribution in [0.1, 0.15) is 36.6 Å². The van der Waals surface area contributed by atoms with Crippen molar-refractivity contribution in [3.63, 3.8) is 0 Å². The van der Waals surface area contributed by atoms with Crippen LogP contribution in [-0.4, -0.2) is 23.3 Å². The average molecular weight is 273 g/mol. The second-order valence-corrected chi connectivity index (χ2v) is 5.31. The number of nitrogens with two attached hydrogens (primary N) is 1. The molecule has 3 rings (SSSR count). The molecule has 106 valence electrons. The number of ether oxygens (including phenoxy) is 1. The average Bonchev–Trinajstić information content (AvgIpc) is 3.06. The zero-order valence-corrected chi connectivity index (χ0v) is 11.8. The third-order valence-electron chi connectivity index (χ3n) is 3.99. The van der Waals surface area contributed by atoms with E-state index >= 15 is 0 Å². The second kappa shape index (κ2) is 5.25. The van der Waals surface area contributed by atoms with Crippen molar-refractivity contribution in [2.24, 2.45) is 5.73 Å². The van der Waals surface area contributed by atoms with E-state index in [0.29, 0.717) is 11.7 Å². The Hall–Kier alpha value is -1.88. The molecule has 0 spiro atoms. The summed E-state index contributed by atoms with van der Waals surface area (Å²) in [7, 11) is 1.65. The fourth-order valence-corrected chi connectivity index (χ4v) is 2.89. The largest absolute Gasteiger partial charge is 0.496 e. The molecule has 0 aliphatic heterocycles. The summed E-state index contributed by atoms with van der Waals surface area (Å²) < 4.78 is 10.9. The highest BCUT2D eigenvalue weighted by molar-refractivity contribution is 5.66. The van der Waals surface area contributed by atoms with Gasteiger partial charge < -0.3 is 15.0 Å². The van der Waals surface area contributed by atoms with Crippen LogP contribution in [0.4, 0.5) is 0 Å². The summed E-state index contributed by atoms with van der Waals surface area (Å²) in [6.07, 6.45) is 3.17. The number of aryl methyl sites for hydroxylation is 1. The van der Waals surface area contributed by atoms with Crippen molar-refractivity contribution in [3.05, 3.63) is 29.7 Å². The SMILES string of the molecule is COc1c(C)cccc1-c1noc(C2CCCC2N)n1. The first-order chi connectivity index (χ1) is 9.70. The summed E-state index contributed by atoms with van der Waals surface area (Å²) >= 11 is 0. The van der Waals surface area contributed by atoms with Gasteiger partial charge in [-0.15, -0.1) is 0 Å². The Balaban J connectivity index is 1.96. The van der Waals surface area contributed by atoms with Crippen molar-refractivity contribution in [3.8, 4) is 17.1 Å². The molecule has 1 aromatic heterocycles. The monoisotopic (exact) mass is 273 g/mol. The number of para-hydroxylation sites is 1. The number of benzene rings is 1. The molecule has 2 atom stereocenters. The first-order valence-electron chi connectivity index (χ1n) is 6.94. The van der Waals surface area contributed by atoms with E-state index in [0.717, 1.165) is 36.1 Å². The van der Waals surface area contributed by atoms with Gasteiger partial charge in [0.2, 0.25) is 11.7 Å². The van der Waals surface area contributed by atoms with Crippen LogP contribution in [0.5, 0.6) is 5.75 Å². The molecule has 5 heteroatoms. The quantitative estimate of drug-likeness (QED) is 0.930. The number of hydrogen-bond donors (Lipinski definition) is 1. The van der Waals surface area contributed by atoms with Gasteiger partial charge in [0.1, 0.15) is 5.75 Å². The number of methoxy groups -OCH3 is 1.